The Hall–Kier alpha value is -2.78. The number of aryl methyl sites for hydroxylation is 1. The molecule has 192 valence electrons. The molecule has 35 heavy (non-hydrogen) atoms. The van der Waals surface area contributed by atoms with Gasteiger partial charge in [-0.3, -0.25) is 13.9 Å². The van der Waals surface area contributed by atoms with Crippen LogP contribution in [0.4, 0.5) is 5.69 Å². The molecular formula is C25H34ClN3O5S. The van der Waals surface area contributed by atoms with Gasteiger partial charge in [-0.2, -0.15) is 0 Å². The standard InChI is InChI=1S/C25H34ClN3O5S/c1-17(2)14-27-25(31)19(4)28(15-20-8-7-9-22(12-20)34-5)24(30)16-29(35(6,32)33)21-11-10-18(3)23(26)13-21/h7-13,17,19H,14-16H2,1-6H3,(H,27,31)/t19-/m1/s1. The molecule has 2 aromatic rings. The normalized spacial score (nSPS) is 12.2. The number of benzene rings is 2. The van der Waals surface area contributed by atoms with E-state index in [9.17, 15) is 18.0 Å². The Morgan fingerprint density at radius 2 is 1.80 bits per heavy atom. The smallest absolute Gasteiger partial charge is 0.244 e. The second-order valence-electron chi connectivity index (χ2n) is 8.89. The molecular weight excluding hydrogens is 490 g/mol. The third kappa shape index (κ3) is 8.14. The number of rotatable bonds is 11. The van der Waals surface area contributed by atoms with Crippen molar-refractivity contribution in [2.45, 2.75) is 40.3 Å². The minimum Gasteiger partial charge on any atom is -0.497 e. The number of carbonyl (C=O) groups excluding carboxylic acids is 2. The van der Waals surface area contributed by atoms with Gasteiger partial charge in [-0.25, -0.2) is 8.42 Å². The Balaban J connectivity index is 2.40. The van der Waals surface area contributed by atoms with Crippen molar-refractivity contribution in [3.05, 3.63) is 58.6 Å². The molecule has 0 fully saturated rings. The van der Waals surface area contributed by atoms with Gasteiger partial charge in [-0.1, -0.05) is 43.6 Å². The Bertz CT molecular complexity index is 1150. The van der Waals surface area contributed by atoms with Gasteiger partial charge in [0.05, 0.1) is 19.1 Å². The molecule has 8 nitrogen and oxygen atoms in total. The summed E-state index contributed by atoms with van der Waals surface area (Å²) in [5.41, 5.74) is 1.80. The van der Waals surface area contributed by atoms with Crippen LogP contribution in [-0.2, 0) is 26.2 Å². The summed E-state index contributed by atoms with van der Waals surface area (Å²) in [6.07, 6.45) is 1.03. The number of halogens is 1. The molecule has 0 saturated carbocycles. The first kappa shape index (κ1) is 28.5. The summed E-state index contributed by atoms with van der Waals surface area (Å²) in [6.45, 7) is 7.45. The van der Waals surface area contributed by atoms with E-state index in [-0.39, 0.29) is 24.1 Å². The van der Waals surface area contributed by atoms with E-state index < -0.39 is 28.5 Å². The Morgan fingerprint density at radius 1 is 1.11 bits per heavy atom. The van der Waals surface area contributed by atoms with Gasteiger partial charge in [0.25, 0.3) is 0 Å². The Morgan fingerprint density at radius 3 is 2.37 bits per heavy atom. The zero-order valence-electron chi connectivity index (χ0n) is 21.0. The number of sulfonamides is 1. The van der Waals surface area contributed by atoms with Crippen LogP contribution in [0.2, 0.25) is 5.02 Å². The zero-order chi connectivity index (χ0) is 26.3. The minimum atomic E-state index is -3.82. The number of nitrogens with zero attached hydrogens (tertiary/aromatic N) is 2. The van der Waals surface area contributed by atoms with Crippen LogP contribution in [0.25, 0.3) is 0 Å². The van der Waals surface area contributed by atoms with Gasteiger partial charge < -0.3 is 15.0 Å². The minimum absolute atomic E-state index is 0.0958. The third-order valence-corrected chi connectivity index (χ3v) is 7.01. The molecule has 0 bridgehead atoms. The number of carbonyl (C=O) groups is 2. The molecule has 0 aromatic heterocycles. The molecule has 10 heteroatoms. The van der Waals surface area contributed by atoms with E-state index in [1.54, 1.807) is 51.3 Å². The predicted octanol–water partition coefficient (Wildman–Crippen LogP) is 3.61. The number of hydrogen-bond acceptors (Lipinski definition) is 5. The number of methoxy groups -OCH3 is 1. The van der Waals surface area contributed by atoms with Crippen LogP contribution in [-0.4, -0.2) is 57.6 Å². The second kappa shape index (κ2) is 12.3. The summed E-state index contributed by atoms with van der Waals surface area (Å²) in [5.74, 6) is 0.000871. The number of hydrogen-bond donors (Lipinski definition) is 1. The average molecular weight is 524 g/mol. The van der Waals surface area contributed by atoms with Gasteiger partial charge in [0.15, 0.2) is 0 Å². The molecule has 1 atom stereocenters. The van der Waals surface area contributed by atoms with Crippen LogP contribution in [0.15, 0.2) is 42.5 Å². The fourth-order valence-corrected chi connectivity index (χ4v) is 4.37. The summed E-state index contributed by atoms with van der Waals surface area (Å²) in [4.78, 5) is 27.8. The highest BCUT2D eigenvalue weighted by Crippen LogP contribution is 2.25. The monoisotopic (exact) mass is 523 g/mol. The van der Waals surface area contributed by atoms with Crippen molar-refractivity contribution >= 4 is 39.1 Å². The van der Waals surface area contributed by atoms with Crippen LogP contribution in [0.5, 0.6) is 5.75 Å². The first-order valence-electron chi connectivity index (χ1n) is 11.3. The van der Waals surface area contributed by atoms with Crippen LogP contribution in [0.3, 0.4) is 0 Å². The quantitative estimate of drug-likeness (QED) is 0.485. The van der Waals surface area contributed by atoms with Gasteiger partial charge in [0, 0.05) is 18.1 Å². The highest BCUT2D eigenvalue weighted by Gasteiger charge is 2.30. The largest absolute Gasteiger partial charge is 0.497 e. The lowest BCUT2D eigenvalue weighted by atomic mass is 10.1. The number of anilines is 1. The highest BCUT2D eigenvalue weighted by atomic mass is 35.5. The van der Waals surface area contributed by atoms with Crippen molar-refractivity contribution in [3.63, 3.8) is 0 Å². The highest BCUT2D eigenvalue weighted by molar-refractivity contribution is 7.92. The number of nitrogens with one attached hydrogen (secondary N) is 1. The van der Waals surface area contributed by atoms with Crippen LogP contribution in [0, 0.1) is 12.8 Å². The van der Waals surface area contributed by atoms with E-state index in [0.717, 1.165) is 21.7 Å². The van der Waals surface area contributed by atoms with E-state index in [1.807, 2.05) is 19.9 Å². The summed E-state index contributed by atoms with van der Waals surface area (Å²) in [7, 11) is -2.28. The first-order chi connectivity index (χ1) is 16.3. The molecule has 0 aliphatic heterocycles. The third-order valence-electron chi connectivity index (χ3n) is 5.46. The fraction of sp³-hybridized carbons (Fsp3) is 0.440. The fourth-order valence-electron chi connectivity index (χ4n) is 3.35. The lowest BCUT2D eigenvalue weighted by molar-refractivity contribution is -0.139. The zero-order valence-corrected chi connectivity index (χ0v) is 22.6. The van der Waals surface area contributed by atoms with Crippen molar-refractivity contribution in [1.29, 1.82) is 0 Å². The molecule has 0 saturated heterocycles. The van der Waals surface area contributed by atoms with E-state index in [0.29, 0.717) is 17.3 Å². The van der Waals surface area contributed by atoms with Gasteiger partial charge >= 0.3 is 0 Å². The number of ether oxygens (including phenoxy) is 1. The molecule has 2 amide bonds. The first-order valence-corrected chi connectivity index (χ1v) is 13.5. The van der Waals surface area contributed by atoms with Crippen LogP contribution in [0.1, 0.15) is 31.9 Å². The maximum atomic E-state index is 13.5. The van der Waals surface area contributed by atoms with Crippen molar-refractivity contribution in [2.75, 3.05) is 30.8 Å². The van der Waals surface area contributed by atoms with Crippen LogP contribution >= 0.6 is 11.6 Å². The van der Waals surface area contributed by atoms with Gasteiger partial charge in [-0.05, 0) is 55.2 Å². The maximum absolute atomic E-state index is 13.5. The maximum Gasteiger partial charge on any atom is 0.244 e. The molecule has 0 aliphatic rings. The molecule has 0 radical (unpaired) electrons. The van der Waals surface area contributed by atoms with Crippen molar-refractivity contribution in [1.82, 2.24) is 10.2 Å². The van der Waals surface area contributed by atoms with Crippen molar-refractivity contribution in [3.8, 4) is 5.75 Å². The van der Waals surface area contributed by atoms with E-state index in [2.05, 4.69) is 5.32 Å². The topological polar surface area (TPSA) is 96.0 Å². The summed E-state index contributed by atoms with van der Waals surface area (Å²) in [5, 5.41) is 3.23. The molecule has 1 N–H and O–H groups in total. The van der Waals surface area contributed by atoms with Crippen LogP contribution < -0.4 is 14.4 Å². The summed E-state index contributed by atoms with van der Waals surface area (Å²) >= 11 is 6.21. The lowest BCUT2D eigenvalue weighted by Gasteiger charge is -2.31. The van der Waals surface area contributed by atoms with Gasteiger partial charge in [0.2, 0.25) is 21.8 Å². The lowest BCUT2D eigenvalue weighted by Crippen LogP contribution is -2.51. The van der Waals surface area contributed by atoms with Gasteiger partial charge in [-0.15, -0.1) is 0 Å². The number of amides is 2. The molecule has 0 spiro atoms. The second-order valence-corrected chi connectivity index (χ2v) is 11.2. The summed E-state index contributed by atoms with van der Waals surface area (Å²) < 4.78 is 31.5. The van der Waals surface area contributed by atoms with E-state index in [4.69, 9.17) is 16.3 Å². The Labute approximate surface area is 213 Å². The van der Waals surface area contributed by atoms with Crippen molar-refractivity contribution in [2.24, 2.45) is 5.92 Å². The summed E-state index contributed by atoms with van der Waals surface area (Å²) in [6, 6.07) is 11.1. The molecule has 2 aromatic carbocycles. The molecule has 0 heterocycles. The van der Waals surface area contributed by atoms with Gasteiger partial charge in [0.1, 0.15) is 18.3 Å². The predicted molar refractivity (Wildman–Crippen MR) is 139 cm³/mol. The molecule has 2 rings (SSSR count). The average Bonchev–Trinajstić information content (AvgIpc) is 2.80. The van der Waals surface area contributed by atoms with E-state index >= 15 is 0 Å². The van der Waals surface area contributed by atoms with Crippen molar-refractivity contribution < 1.29 is 22.7 Å². The molecule has 0 aliphatic carbocycles. The molecule has 0 unspecified atom stereocenters. The Kier molecular flexibility index (Phi) is 9.97. The van der Waals surface area contributed by atoms with E-state index in [1.165, 1.54) is 11.0 Å². The SMILES string of the molecule is COc1cccc(CN(C(=O)CN(c2ccc(C)c(Cl)c2)S(C)(=O)=O)[C@H](C)C(=O)NCC(C)C)c1.